The van der Waals surface area contributed by atoms with E-state index in [-0.39, 0.29) is 11.5 Å². The summed E-state index contributed by atoms with van der Waals surface area (Å²) in [6.45, 7) is 5.01. The summed E-state index contributed by atoms with van der Waals surface area (Å²) in [7, 11) is 0. The quantitative estimate of drug-likeness (QED) is 0.761. The van der Waals surface area contributed by atoms with E-state index in [1.54, 1.807) is 6.07 Å². The van der Waals surface area contributed by atoms with Crippen LogP contribution in [0.1, 0.15) is 29.2 Å². The monoisotopic (exact) mass is 427 g/mol. The molecule has 2 aliphatic heterocycles. The van der Waals surface area contributed by atoms with Gasteiger partial charge < -0.3 is 14.8 Å². The van der Waals surface area contributed by atoms with Crippen molar-refractivity contribution >= 4 is 34.2 Å². The first-order valence-corrected chi connectivity index (χ1v) is 11.3. The predicted octanol–water partition coefficient (Wildman–Crippen LogP) is 2.91. The molecule has 1 amide bonds. The summed E-state index contributed by atoms with van der Waals surface area (Å²) >= 11 is 7.06. The van der Waals surface area contributed by atoms with Gasteiger partial charge in [-0.2, -0.15) is 0 Å². The Kier molecular flexibility index (Phi) is 6.06. The number of carbonyl (C=O) groups excluding carboxylic acids is 1. The minimum Gasteiger partial charge on any atom is -0.356 e. The third-order valence-electron chi connectivity index (χ3n) is 5.67. The molecule has 0 saturated carbocycles. The average molecular weight is 428 g/mol. The lowest BCUT2D eigenvalue weighted by Crippen LogP contribution is -2.48. The molecule has 152 valence electrons. The topological polar surface area (TPSA) is 54.3 Å². The summed E-state index contributed by atoms with van der Waals surface area (Å²) in [5, 5.41) is 2.96. The highest BCUT2D eigenvalue weighted by Crippen LogP contribution is 2.35. The van der Waals surface area contributed by atoms with Crippen molar-refractivity contribution in [2.45, 2.75) is 32.4 Å². The molecule has 2 atom stereocenters. The second-order valence-corrected chi connectivity index (χ2v) is 9.53. The third-order valence-corrected chi connectivity index (χ3v) is 7.20. The number of hydrogen-bond donors (Lipinski definition) is 1. The van der Waals surface area contributed by atoms with Crippen LogP contribution in [-0.4, -0.2) is 38.5 Å². The Morgan fingerprint density at radius 3 is 2.76 bits per heavy atom. The zero-order valence-electron chi connectivity index (χ0n) is 16.5. The highest BCUT2D eigenvalue weighted by Gasteiger charge is 2.35. The molecule has 1 fully saturated rings. The number of fused-ring (bicyclic) bond motifs is 4. The van der Waals surface area contributed by atoms with Gasteiger partial charge in [-0.1, -0.05) is 59.9 Å². The van der Waals surface area contributed by atoms with Gasteiger partial charge in [0.1, 0.15) is 4.32 Å². The van der Waals surface area contributed by atoms with Gasteiger partial charge >= 0.3 is 0 Å². The molecule has 2 aliphatic rings. The van der Waals surface area contributed by atoms with Crippen LogP contribution in [0.15, 0.2) is 47.3 Å². The summed E-state index contributed by atoms with van der Waals surface area (Å²) in [6, 6.07) is 13.7. The molecule has 4 rings (SSSR count). The molecule has 0 unspecified atom stereocenters. The van der Waals surface area contributed by atoms with Crippen molar-refractivity contribution in [1.29, 1.82) is 0 Å². The van der Waals surface area contributed by atoms with Crippen molar-refractivity contribution in [3.8, 4) is 0 Å². The fourth-order valence-electron chi connectivity index (χ4n) is 4.22. The van der Waals surface area contributed by atoms with E-state index in [1.807, 2.05) is 41.8 Å². The number of benzene rings is 1. The number of pyridine rings is 1. The molecule has 29 heavy (non-hydrogen) atoms. The second kappa shape index (κ2) is 8.71. The van der Waals surface area contributed by atoms with Gasteiger partial charge in [0.25, 0.3) is 5.56 Å². The van der Waals surface area contributed by atoms with Crippen LogP contribution in [-0.2, 0) is 17.9 Å². The van der Waals surface area contributed by atoms with Crippen molar-refractivity contribution in [2.24, 2.45) is 5.92 Å². The van der Waals surface area contributed by atoms with Gasteiger partial charge in [0.15, 0.2) is 0 Å². The molecule has 1 N–H and O–H groups in total. The number of thiocarbonyl (C=S) groups is 1. The van der Waals surface area contributed by atoms with Gasteiger partial charge in [0, 0.05) is 43.9 Å². The van der Waals surface area contributed by atoms with Gasteiger partial charge in [-0.15, -0.1) is 0 Å². The lowest BCUT2D eigenvalue weighted by molar-refractivity contribution is -0.118. The summed E-state index contributed by atoms with van der Waals surface area (Å²) < 4.78 is 2.70. The zero-order valence-corrected chi connectivity index (χ0v) is 18.1. The molecule has 5 nitrogen and oxygen atoms in total. The van der Waals surface area contributed by atoms with Crippen LogP contribution in [0.5, 0.6) is 0 Å². The molecule has 1 saturated heterocycles. The van der Waals surface area contributed by atoms with E-state index in [1.165, 1.54) is 17.3 Å². The van der Waals surface area contributed by atoms with E-state index in [4.69, 9.17) is 12.2 Å². The first kappa shape index (κ1) is 20.2. The zero-order chi connectivity index (χ0) is 20.4. The van der Waals surface area contributed by atoms with E-state index >= 15 is 0 Å². The minimum atomic E-state index is -0.00738. The van der Waals surface area contributed by atoms with E-state index in [0.29, 0.717) is 24.1 Å². The maximum Gasteiger partial charge on any atom is 0.250 e. The van der Waals surface area contributed by atoms with E-state index in [9.17, 15) is 9.59 Å². The average Bonchev–Trinajstić information content (AvgIpc) is 2.72. The number of aromatic nitrogens is 1. The summed E-state index contributed by atoms with van der Waals surface area (Å²) in [5.74, 6) is 1.07. The van der Waals surface area contributed by atoms with E-state index in [2.05, 4.69) is 16.3 Å². The normalized spacial score (nSPS) is 20.1. The number of nitrogens with one attached hydrogen (secondary N) is 1. The van der Waals surface area contributed by atoms with Gasteiger partial charge in [-0.05, 0) is 30.9 Å². The molecular weight excluding hydrogens is 402 g/mol. The number of rotatable bonds is 4. The smallest absolute Gasteiger partial charge is 0.250 e. The molecule has 0 radical (unpaired) electrons. The van der Waals surface area contributed by atoms with Crippen LogP contribution in [0.2, 0.25) is 0 Å². The molecule has 2 bridgehead atoms. The minimum absolute atomic E-state index is 0.00738. The molecule has 2 aromatic rings. The van der Waals surface area contributed by atoms with Crippen molar-refractivity contribution in [3.05, 3.63) is 69.6 Å². The number of carbonyl (C=O) groups is 1. The molecule has 3 heterocycles. The Morgan fingerprint density at radius 1 is 1.17 bits per heavy atom. The van der Waals surface area contributed by atoms with E-state index in [0.717, 1.165) is 41.6 Å². The van der Waals surface area contributed by atoms with E-state index < -0.39 is 0 Å². The first-order chi connectivity index (χ1) is 14.0. The fraction of sp³-hybridized carbons (Fsp3) is 0.409. The number of piperidine rings is 1. The summed E-state index contributed by atoms with van der Waals surface area (Å²) in [5.41, 5.74) is 3.50. The third kappa shape index (κ3) is 4.73. The van der Waals surface area contributed by atoms with Crippen molar-refractivity contribution in [3.63, 3.8) is 0 Å². The Hall–Kier alpha value is -2.12. The van der Waals surface area contributed by atoms with Crippen molar-refractivity contribution < 1.29 is 4.79 Å². The van der Waals surface area contributed by atoms with Crippen LogP contribution in [0.25, 0.3) is 0 Å². The maximum absolute atomic E-state index is 12.2. The Bertz CT molecular complexity index is 971. The lowest BCUT2D eigenvalue weighted by atomic mass is 9.83. The Balaban J connectivity index is 1.29. The van der Waals surface area contributed by atoms with Crippen molar-refractivity contribution in [1.82, 2.24) is 14.8 Å². The maximum atomic E-state index is 12.2. The molecule has 0 aliphatic carbocycles. The summed E-state index contributed by atoms with van der Waals surface area (Å²) in [6.07, 6.45) is 1.10. The number of aryl methyl sites for hydroxylation is 1. The molecular formula is C22H25N3O2S2. The second-order valence-electron chi connectivity index (χ2n) is 7.92. The number of thioether (sulfide) groups is 1. The molecule has 0 spiro atoms. The number of likely N-dealkylation sites (tertiary alicyclic amines) is 1. The predicted molar refractivity (Wildman–Crippen MR) is 121 cm³/mol. The summed E-state index contributed by atoms with van der Waals surface area (Å²) in [4.78, 5) is 26.6. The van der Waals surface area contributed by atoms with Gasteiger partial charge in [-0.25, -0.2) is 0 Å². The SMILES string of the molecule is Cc1ccc(CNC(=O)CSC(=S)N2C[C@H]3C[C@H](C2)c2cccc(=O)n2C3)cc1. The van der Waals surface area contributed by atoms with Crippen molar-refractivity contribution in [2.75, 3.05) is 18.8 Å². The lowest BCUT2D eigenvalue weighted by Gasteiger charge is -2.43. The van der Waals surface area contributed by atoms with Gasteiger partial charge in [0.05, 0.1) is 5.75 Å². The molecule has 1 aromatic carbocycles. The molecule has 7 heteroatoms. The van der Waals surface area contributed by atoms with Crippen LogP contribution < -0.4 is 10.9 Å². The number of nitrogens with zero attached hydrogens (tertiary/aromatic N) is 2. The Labute approximate surface area is 180 Å². The van der Waals surface area contributed by atoms with Crippen LogP contribution in [0.3, 0.4) is 0 Å². The highest BCUT2D eigenvalue weighted by atomic mass is 32.2. The number of amides is 1. The van der Waals surface area contributed by atoms with Gasteiger partial charge in [0.2, 0.25) is 5.91 Å². The highest BCUT2D eigenvalue weighted by molar-refractivity contribution is 8.23. The number of hydrogen-bond acceptors (Lipinski definition) is 4. The van der Waals surface area contributed by atoms with Gasteiger partial charge in [-0.3, -0.25) is 9.59 Å². The largest absolute Gasteiger partial charge is 0.356 e. The first-order valence-electron chi connectivity index (χ1n) is 9.93. The fourth-order valence-corrected chi connectivity index (χ4v) is 5.24. The van der Waals surface area contributed by atoms with Crippen LogP contribution in [0, 0.1) is 12.8 Å². The standard InChI is InChI=1S/C22H25N3O2S2/c1-15-5-7-16(8-6-15)10-23-20(26)14-29-22(28)24-11-17-9-18(13-24)19-3-2-4-21(27)25(19)12-17/h2-8,17-18H,9-14H2,1H3,(H,23,26)/t17-,18-/m1/s1. The van der Waals surface area contributed by atoms with Crippen LogP contribution >= 0.6 is 24.0 Å². The Morgan fingerprint density at radius 2 is 1.97 bits per heavy atom. The van der Waals surface area contributed by atoms with Crippen LogP contribution in [0.4, 0.5) is 0 Å². The molecule has 1 aromatic heterocycles.